The Morgan fingerprint density at radius 2 is 0.720 bits per heavy atom. The van der Waals surface area contributed by atoms with Crippen molar-refractivity contribution in [3.8, 4) is 0 Å². The van der Waals surface area contributed by atoms with Crippen molar-refractivity contribution in [2.24, 2.45) is 0 Å². The van der Waals surface area contributed by atoms with Crippen molar-refractivity contribution >= 4 is 0 Å². The zero-order valence-electron chi connectivity index (χ0n) is 14.6. The molecule has 0 aliphatic carbocycles. The summed E-state index contributed by atoms with van der Waals surface area (Å²) in [6, 6.07) is 0. The maximum atomic E-state index is 9.56. The second kappa shape index (κ2) is 14.7. The molecule has 0 heterocycles. The molecule has 25 heavy (non-hydrogen) atoms. The predicted octanol–water partition coefficient (Wildman–Crippen LogP) is -4.61. The van der Waals surface area contributed by atoms with E-state index in [2.05, 4.69) is 0 Å². The smallest absolute Gasteiger partial charge is 0.0897 e. The van der Waals surface area contributed by atoms with E-state index >= 15 is 0 Å². The molecule has 0 aromatic rings. The van der Waals surface area contributed by atoms with Gasteiger partial charge >= 0.3 is 0 Å². The summed E-state index contributed by atoms with van der Waals surface area (Å²) in [6.07, 6.45) is -3.31. The highest BCUT2D eigenvalue weighted by atomic mass is 16.3. The van der Waals surface area contributed by atoms with Crippen LogP contribution in [-0.2, 0) is 0 Å². The van der Waals surface area contributed by atoms with Crippen molar-refractivity contribution in [2.75, 3.05) is 65.7 Å². The van der Waals surface area contributed by atoms with Gasteiger partial charge in [0.2, 0.25) is 0 Å². The Hall–Kier alpha value is -0.400. The zero-order chi connectivity index (χ0) is 19.2. The maximum absolute atomic E-state index is 9.56. The van der Waals surface area contributed by atoms with E-state index in [1.165, 1.54) is 0 Å². The molecular formula is C15H34N2O8. The van der Waals surface area contributed by atoms with E-state index in [0.29, 0.717) is 19.5 Å². The molecule has 0 aromatic carbocycles. The van der Waals surface area contributed by atoms with E-state index in [-0.39, 0.29) is 26.2 Å². The van der Waals surface area contributed by atoms with Crippen molar-refractivity contribution in [1.29, 1.82) is 0 Å². The van der Waals surface area contributed by atoms with E-state index in [9.17, 15) is 20.4 Å². The number of nitrogens with zero attached hydrogens (tertiary/aromatic N) is 2. The molecular weight excluding hydrogens is 336 g/mol. The van der Waals surface area contributed by atoms with E-state index in [0.717, 1.165) is 0 Å². The molecule has 0 aromatic heterocycles. The van der Waals surface area contributed by atoms with Crippen LogP contribution in [0, 0.1) is 0 Å². The molecule has 4 atom stereocenters. The summed E-state index contributed by atoms with van der Waals surface area (Å²) in [5.74, 6) is 0. The minimum absolute atomic E-state index is 0.131. The van der Waals surface area contributed by atoms with Gasteiger partial charge in [0.05, 0.1) is 50.8 Å². The van der Waals surface area contributed by atoms with Gasteiger partial charge in [0, 0.05) is 26.2 Å². The van der Waals surface area contributed by atoms with Crippen molar-refractivity contribution in [3.05, 3.63) is 0 Å². The molecule has 10 heteroatoms. The van der Waals surface area contributed by atoms with Crippen molar-refractivity contribution in [2.45, 2.75) is 30.8 Å². The third-order valence-corrected chi connectivity index (χ3v) is 3.67. The Bertz CT molecular complexity index is 261. The number of aliphatic hydroxyl groups excluding tert-OH is 8. The molecule has 10 nitrogen and oxygen atoms in total. The Labute approximate surface area is 148 Å². The van der Waals surface area contributed by atoms with Crippen LogP contribution in [0.5, 0.6) is 0 Å². The van der Waals surface area contributed by atoms with Gasteiger partial charge in [0.15, 0.2) is 0 Å². The average molecular weight is 370 g/mol. The summed E-state index contributed by atoms with van der Waals surface area (Å²) in [5, 5.41) is 74.0. The third kappa shape index (κ3) is 12.6. The van der Waals surface area contributed by atoms with E-state index in [4.69, 9.17) is 20.4 Å². The lowest BCUT2D eigenvalue weighted by Gasteiger charge is -2.29. The first-order valence-corrected chi connectivity index (χ1v) is 8.46. The normalized spacial score (nSPS) is 17.0. The summed E-state index contributed by atoms with van der Waals surface area (Å²) in [5.41, 5.74) is 0. The quantitative estimate of drug-likeness (QED) is 0.132. The summed E-state index contributed by atoms with van der Waals surface area (Å²) < 4.78 is 0. The molecule has 0 saturated carbocycles. The SMILES string of the molecule is OCC(O)CN(CCCN(CC(O)CO)CC(O)CO)CC(O)CO. The van der Waals surface area contributed by atoms with Crippen molar-refractivity contribution in [3.63, 3.8) is 0 Å². The van der Waals surface area contributed by atoms with Crippen molar-refractivity contribution < 1.29 is 40.9 Å². The minimum atomic E-state index is -0.964. The predicted molar refractivity (Wildman–Crippen MR) is 89.9 cm³/mol. The largest absolute Gasteiger partial charge is 0.394 e. The van der Waals surface area contributed by atoms with Gasteiger partial charge in [-0.25, -0.2) is 0 Å². The lowest BCUT2D eigenvalue weighted by molar-refractivity contribution is 0.0133. The van der Waals surface area contributed by atoms with Crippen LogP contribution >= 0.6 is 0 Å². The fraction of sp³-hybridized carbons (Fsp3) is 1.00. The number of aliphatic hydroxyl groups is 8. The van der Waals surface area contributed by atoms with Crippen LogP contribution in [0.15, 0.2) is 0 Å². The van der Waals surface area contributed by atoms with Crippen LogP contribution in [-0.4, -0.2) is 141 Å². The Balaban J connectivity index is 4.52. The average Bonchev–Trinajstić information content (AvgIpc) is 2.60. The molecule has 0 saturated heterocycles. The van der Waals surface area contributed by atoms with Crippen LogP contribution in [0.25, 0.3) is 0 Å². The van der Waals surface area contributed by atoms with Gasteiger partial charge in [-0.05, 0) is 19.5 Å². The summed E-state index contributed by atoms with van der Waals surface area (Å²) >= 11 is 0. The standard InChI is InChI=1S/C15H34N2O8/c18-8-12(22)4-16(5-13(23)9-19)2-1-3-17(6-14(24)10-20)7-15(25)11-21/h12-15,18-25H,1-11H2. The minimum Gasteiger partial charge on any atom is -0.394 e. The monoisotopic (exact) mass is 370 g/mol. The third-order valence-electron chi connectivity index (χ3n) is 3.67. The highest BCUT2D eigenvalue weighted by Crippen LogP contribution is 2.02. The molecule has 0 aliphatic heterocycles. The van der Waals surface area contributed by atoms with Gasteiger partial charge in [0.1, 0.15) is 0 Å². The molecule has 0 radical (unpaired) electrons. The Morgan fingerprint density at radius 3 is 0.920 bits per heavy atom. The number of rotatable bonds is 16. The van der Waals surface area contributed by atoms with Gasteiger partial charge < -0.3 is 40.9 Å². The Kier molecular flexibility index (Phi) is 14.5. The first-order valence-electron chi connectivity index (χ1n) is 8.46. The van der Waals surface area contributed by atoms with Gasteiger partial charge in [-0.15, -0.1) is 0 Å². The highest BCUT2D eigenvalue weighted by Gasteiger charge is 2.18. The first-order chi connectivity index (χ1) is 11.9. The van der Waals surface area contributed by atoms with Crippen LogP contribution in [0.1, 0.15) is 6.42 Å². The second-order valence-electron chi connectivity index (χ2n) is 6.22. The summed E-state index contributed by atoms with van der Waals surface area (Å²) in [7, 11) is 0. The van der Waals surface area contributed by atoms with E-state index in [1.807, 2.05) is 0 Å². The topological polar surface area (TPSA) is 168 Å². The molecule has 0 fully saturated rings. The lowest BCUT2D eigenvalue weighted by atomic mass is 10.2. The van der Waals surface area contributed by atoms with Crippen LogP contribution < -0.4 is 0 Å². The van der Waals surface area contributed by atoms with Gasteiger partial charge in [-0.3, -0.25) is 9.80 Å². The molecule has 0 amide bonds. The van der Waals surface area contributed by atoms with E-state index < -0.39 is 50.8 Å². The molecule has 4 unspecified atom stereocenters. The molecule has 0 bridgehead atoms. The molecule has 152 valence electrons. The highest BCUT2D eigenvalue weighted by molar-refractivity contribution is 4.72. The van der Waals surface area contributed by atoms with Crippen LogP contribution in [0.3, 0.4) is 0 Å². The second-order valence-corrected chi connectivity index (χ2v) is 6.22. The Morgan fingerprint density at radius 1 is 0.480 bits per heavy atom. The fourth-order valence-electron chi connectivity index (χ4n) is 2.46. The van der Waals surface area contributed by atoms with Gasteiger partial charge in [-0.1, -0.05) is 0 Å². The van der Waals surface area contributed by atoms with Gasteiger partial charge in [-0.2, -0.15) is 0 Å². The molecule has 8 N–H and O–H groups in total. The number of hydrogen-bond donors (Lipinski definition) is 8. The number of hydrogen-bond acceptors (Lipinski definition) is 10. The maximum Gasteiger partial charge on any atom is 0.0897 e. The molecule has 0 rings (SSSR count). The lowest BCUT2D eigenvalue weighted by Crippen LogP contribution is -2.43. The van der Waals surface area contributed by atoms with Crippen molar-refractivity contribution in [1.82, 2.24) is 9.80 Å². The fourth-order valence-corrected chi connectivity index (χ4v) is 2.46. The van der Waals surface area contributed by atoms with Crippen LogP contribution in [0.2, 0.25) is 0 Å². The molecule has 0 aliphatic rings. The first kappa shape index (κ1) is 24.6. The zero-order valence-corrected chi connectivity index (χ0v) is 14.6. The van der Waals surface area contributed by atoms with E-state index in [1.54, 1.807) is 9.80 Å². The van der Waals surface area contributed by atoms with Crippen LogP contribution in [0.4, 0.5) is 0 Å². The summed E-state index contributed by atoms with van der Waals surface area (Å²) in [4.78, 5) is 3.40. The summed E-state index contributed by atoms with van der Waals surface area (Å²) in [6.45, 7) is -0.251. The van der Waals surface area contributed by atoms with Gasteiger partial charge in [0.25, 0.3) is 0 Å². The molecule has 0 spiro atoms.